The second-order valence-corrected chi connectivity index (χ2v) is 14.2. The minimum absolute atomic E-state index is 0.0328. The molecule has 0 radical (unpaired) electrons. The van der Waals surface area contributed by atoms with Crippen LogP contribution in [0.1, 0.15) is 6.85 Å². The SMILES string of the molecule is [2H]c1c([2H])c([2H])c(-c2nc(-c3cccc4c3oc3c5ccccc5ccc43)nc(-c3cccc4sc5ccc(-c6ccccc6-c6ccccc6)cc5c34)n2)c([2H])c1[2H]. The van der Waals surface area contributed by atoms with E-state index in [9.17, 15) is 0 Å². The fourth-order valence-electron chi connectivity index (χ4n) is 7.58. The average Bonchev–Trinajstić information content (AvgIpc) is 3.86. The van der Waals surface area contributed by atoms with E-state index >= 15 is 0 Å². The van der Waals surface area contributed by atoms with Gasteiger partial charge in [0.2, 0.25) is 0 Å². The number of furan rings is 1. The van der Waals surface area contributed by atoms with E-state index in [1.54, 1.807) is 11.3 Å². The molecule has 5 heteroatoms. The Kier molecular flexibility index (Phi) is 5.92. The monoisotopic (exact) mass is 712 g/mol. The number of fused-ring (bicyclic) bond motifs is 8. The lowest BCUT2D eigenvalue weighted by Gasteiger charge is -2.11. The number of para-hydroxylation sites is 1. The van der Waals surface area contributed by atoms with Crippen molar-refractivity contribution in [1.29, 1.82) is 0 Å². The minimum atomic E-state index is -0.489. The second-order valence-electron chi connectivity index (χ2n) is 13.2. The highest BCUT2D eigenvalue weighted by molar-refractivity contribution is 7.26. The van der Waals surface area contributed by atoms with Crippen molar-refractivity contribution in [1.82, 2.24) is 15.0 Å². The first-order valence-corrected chi connectivity index (χ1v) is 18.4. The van der Waals surface area contributed by atoms with Gasteiger partial charge < -0.3 is 4.42 Å². The largest absolute Gasteiger partial charge is 0.455 e. The molecule has 8 aromatic carbocycles. The summed E-state index contributed by atoms with van der Waals surface area (Å²) in [7, 11) is 0. The maximum absolute atomic E-state index is 8.91. The van der Waals surface area contributed by atoms with Crippen LogP contribution in [0.15, 0.2) is 180 Å². The molecule has 252 valence electrons. The Labute approximate surface area is 321 Å². The van der Waals surface area contributed by atoms with E-state index in [1.165, 1.54) is 0 Å². The van der Waals surface area contributed by atoms with E-state index in [0.29, 0.717) is 17.0 Å². The van der Waals surface area contributed by atoms with Gasteiger partial charge in [-0.15, -0.1) is 11.3 Å². The van der Waals surface area contributed by atoms with E-state index in [1.807, 2.05) is 72.8 Å². The van der Waals surface area contributed by atoms with Crippen molar-refractivity contribution in [3.8, 4) is 56.4 Å². The molecule has 11 aromatic rings. The van der Waals surface area contributed by atoms with Crippen LogP contribution < -0.4 is 0 Å². The number of benzene rings is 8. The zero-order valence-electron chi connectivity index (χ0n) is 33.5. The Morgan fingerprint density at radius 1 is 0.426 bits per heavy atom. The second kappa shape index (κ2) is 12.3. The Balaban J connectivity index is 1.18. The highest BCUT2D eigenvalue weighted by Gasteiger charge is 2.21. The summed E-state index contributed by atoms with van der Waals surface area (Å²) in [5.74, 6) is 0.519. The molecule has 4 nitrogen and oxygen atoms in total. The van der Waals surface area contributed by atoms with E-state index in [4.69, 9.17) is 26.2 Å². The molecule has 0 aliphatic carbocycles. The zero-order chi connectivity index (χ0) is 39.9. The highest BCUT2D eigenvalue weighted by Crippen LogP contribution is 2.43. The molecule has 54 heavy (non-hydrogen) atoms. The molecule has 0 saturated carbocycles. The molecular formula is C49H29N3OS. The van der Waals surface area contributed by atoms with Gasteiger partial charge >= 0.3 is 0 Å². The molecule has 0 spiro atoms. The first kappa shape index (κ1) is 25.9. The normalized spacial score (nSPS) is 13.0. The van der Waals surface area contributed by atoms with Crippen molar-refractivity contribution >= 4 is 64.2 Å². The van der Waals surface area contributed by atoms with Crippen LogP contribution in [0.25, 0.3) is 109 Å². The van der Waals surface area contributed by atoms with E-state index in [0.717, 1.165) is 75.1 Å². The summed E-state index contributed by atoms with van der Waals surface area (Å²) < 4.78 is 51.9. The molecule has 0 amide bonds. The van der Waals surface area contributed by atoms with Crippen molar-refractivity contribution in [3.05, 3.63) is 176 Å². The molecule has 0 saturated heterocycles. The van der Waals surface area contributed by atoms with Gasteiger partial charge in [0.05, 0.1) is 12.4 Å². The van der Waals surface area contributed by atoms with Crippen molar-refractivity contribution in [2.24, 2.45) is 0 Å². The number of nitrogens with zero attached hydrogens (tertiary/aromatic N) is 3. The van der Waals surface area contributed by atoms with Crippen LogP contribution >= 0.6 is 11.3 Å². The third-order valence-corrected chi connectivity index (χ3v) is 11.2. The Morgan fingerprint density at radius 3 is 1.96 bits per heavy atom. The van der Waals surface area contributed by atoms with Gasteiger partial charge in [-0.1, -0.05) is 145 Å². The first-order valence-electron chi connectivity index (χ1n) is 20.1. The lowest BCUT2D eigenvalue weighted by molar-refractivity contribution is 0.673. The van der Waals surface area contributed by atoms with Crippen molar-refractivity contribution < 1.29 is 11.3 Å². The van der Waals surface area contributed by atoms with Crippen LogP contribution in [0.2, 0.25) is 0 Å². The van der Waals surface area contributed by atoms with Crippen molar-refractivity contribution in [3.63, 3.8) is 0 Å². The fraction of sp³-hybridized carbons (Fsp3) is 0. The number of aromatic nitrogens is 3. The topological polar surface area (TPSA) is 51.8 Å². The zero-order valence-corrected chi connectivity index (χ0v) is 29.3. The summed E-state index contributed by atoms with van der Waals surface area (Å²) in [6.45, 7) is 0. The standard InChI is InChI=1S/C49H29N3OS/c1-3-13-30(14-4-1)34-18-9-10-19-35(34)33-26-28-42-41(29-33)44-39(22-12-24-43(44)54-42)48-50-47(32-16-5-2-6-17-32)51-49(52-48)40-23-11-21-37-38-27-25-31-15-7-8-20-36(31)45(38)53-46(37)40/h1-29H/i2D,5D,6D,16D,17D. The maximum Gasteiger partial charge on any atom is 0.167 e. The van der Waals surface area contributed by atoms with Crippen LogP contribution in [-0.2, 0) is 0 Å². The predicted molar refractivity (Wildman–Crippen MR) is 225 cm³/mol. The minimum Gasteiger partial charge on any atom is -0.455 e. The molecular weight excluding hydrogens is 679 g/mol. The van der Waals surface area contributed by atoms with Crippen LogP contribution in [0.3, 0.4) is 0 Å². The van der Waals surface area contributed by atoms with E-state index in [2.05, 4.69) is 72.8 Å². The molecule has 0 N–H and O–H groups in total. The van der Waals surface area contributed by atoms with Crippen LogP contribution in [-0.4, -0.2) is 15.0 Å². The van der Waals surface area contributed by atoms with Gasteiger partial charge in [-0.25, -0.2) is 15.0 Å². The average molecular weight is 713 g/mol. The van der Waals surface area contributed by atoms with Crippen molar-refractivity contribution in [2.75, 3.05) is 0 Å². The van der Waals surface area contributed by atoms with Crippen LogP contribution in [0, 0.1) is 0 Å². The van der Waals surface area contributed by atoms with Gasteiger partial charge in [0.25, 0.3) is 0 Å². The molecule has 3 heterocycles. The third kappa shape index (κ3) is 4.94. The van der Waals surface area contributed by atoms with Crippen LogP contribution in [0.5, 0.6) is 0 Å². The summed E-state index contributed by atoms with van der Waals surface area (Å²) in [6, 6.07) is 47.1. The highest BCUT2D eigenvalue weighted by atomic mass is 32.1. The molecule has 0 fully saturated rings. The summed E-state index contributed by atoms with van der Waals surface area (Å²) in [4.78, 5) is 15.0. The molecule has 0 bridgehead atoms. The number of hydrogen-bond acceptors (Lipinski definition) is 5. The van der Waals surface area contributed by atoms with E-state index < -0.39 is 30.2 Å². The summed E-state index contributed by atoms with van der Waals surface area (Å²) in [6.07, 6.45) is 0. The summed E-state index contributed by atoms with van der Waals surface area (Å²) >= 11 is 1.68. The molecule has 0 unspecified atom stereocenters. The summed E-state index contributed by atoms with van der Waals surface area (Å²) in [5.41, 5.74) is 6.95. The molecule has 3 aromatic heterocycles. The molecule has 0 atom stereocenters. The molecule has 0 aliphatic heterocycles. The third-order valence-electron chi connectivity index (χ3n) is 10.0. The maximum atomic E-state index is 8.91. The van der Waals surface area contributed by atoms with Crippen molar-refractivity contribution in [2.45, 2.75) is 0 Å². The molecule has 11 rings (SSSR count). The lowest BCUT2D eigenvalue weighted by Crippen LogP contribution is -2.00. The van der Waals surface area contributed by atoms with Crippen LogP contribution in [0.4, 0.5) is 0 Å². The smallest absolute Gasteiger partial charge is 0.167 e. The van der Waals surface area contributed by atoms with Gasteiger partial charge in [0.15, 0.2) is 17.5 Å². The Hall–Kier alpha value is -6.95. The predicted octanol–water partition coefficient (Wildman–Crippen LogP) is 13.6. The lowest BCUT2D eigenvalue weighted by atomic mass is 9.93. The summed E-state index contributed by atoms with van der Waals surface area (Å²) in [5, 5.41) is 5.82. The van der Waals surface area contributed by atoms with E-state index in [-0.39, 0.29) is 17.2 Å². The number of rotatable bonds is 5. The number of hydrogen-bond donors (Lipinski definition) is 0. The Morgan fingerprint density at radius 2 is 1.09 bits per heavy atom. The first-order chi connectivity index (χ1) is 28.8. The van der Waals surface area contributed by atoms with Gasteiger partial charge in [0.1, 0.15) is 11.2 Å². The van der Waals surface area contributed by atoms with Gasteiger partial charge in [-0.05, 0) is 58.0 Å². The molecule has 0 aliphatic rings. The van der Waals surface area contributed by atoms with Gasteiger partial charge in [-0.2, -0.15) is 0 Å². The Bertz CT molecular complexity index is 3500. The quantitative estimate of drug-likeness (QED) is 0.178. The number of thiophene rings is 1. The van der Waals surface area contributed by atoms with Gasteiger partial charge in [-0.3, -0.25) is 0 Å². The fourth-order valence-corrected chi connectivity index (χ4v) is 8.69. The van der Waals surface area contributed by atoms with Gasteiger partial charge in [0, 0.05) is 47.5 Å².